The van der Waals surface area contributed by atoms with Crippen molar-refractivity contribution in [1.29, 1.82) is 0 Å². The number of hydrogen-bond donors (Lipinski definition) is 1. The van der Waals surface area contributed by atoms with Crippen molar-refractivity contribution in [3.05, 3.63) is 39.9 Å². The predicted octanol–water partition coefficient (Wildman–Crippen LogP) is 2.71. The number of aliphatic carboxylic acids is 1. The highest BCUT2D eigenvalue weighted by Gasteiger charge is 2.21. The molecule has 0 aliphatic heterocycles. The van der Waals surface area contributed by atoms with Gasteiger partial charge in [-0.25, -0.2) is 0 Å². The zero-order chi connectivity index (χ0) is 16.0. The van der Waals surface area contributed by atoms with Gasteiger partial charge in [-0.05, 0) is 32.8 Å². The first-order chi connectivity index (χ1) is 9.70. The molecule has 6 nitrogen and oxygen atoms in total. The van der Waals surface area contributed by atoms with Gasteiger partial charge in [-0.2, -0.15) is 0 Å². The van der Waals surface area contributed by atoms with Crippen molar-refractivity contribution < 1.29 is 14.8 Å². The lowest BCUT2D eigenvalue weighted by Gasteiger charge is -2.35. The Kier molecular flexibility index (Phi) is 5.84. The quantitative estimate of drug-likeness (QED) is 0.617. The van der Waals surface area contributed by atoms with Crippen LogP contribution in [0, 0.1) is 10.1 Å². The summed E-state index contributed by atoms with van der Waals surface area (Å²) in [6.07, 6.45) is 0.840. The van der Waals surface area contributed by atoms with E-state index in [1.54, 1.807) is 12.1 Å². The van der Waals surface area contributed by atoms with Crippen molar-refractivity contribution >= 4 is 11.7 Å². The molecule has 0 aliphatic carbocycles. The van der Waals surface area contributed by atoms with Gasteiger partial charge in [0.15, 0.2) is 0 Å². The summed E-state index contributed by atoms with van der Waals surface area (Å²) in [5.41, 5.74) is 0.971. The van der Waals surface area contributed by atoms with E-state index < -0.39 is 10.9 Å². The van der Waals surface area contributed by atoms with Crippen LogP contribution < -0.4 is 0 Å². The highest BCUT2D eigenvalue weighted by Crippen LogP contribution is 2.16. The fourth-order valence-electron chi connectivity index (χ4n) is 2.06. The molecule has 1 aromatic carbocycles. The molecule has 0 unspecified atom stereocenters. The SMILES string of the molecule is CC(C)(C)N(CCC(=O)O)CCc1ccc([N+](=O)[O-])cc1. The second-order valence-corrected chi connectivity index (χ2v) is 5.98. The van der Waals surface area contributed by atoms with Crippen molar-refractivity contribution in [2.45, 2.75) is 39.2 Å². The molecular weight excluding hydrogens is 272 g/mol. The van der Waals surface area contributed by atoms with Gasteiger partial charge in [0.25, 0.3) is 5.69 Å². The zero-order valence-electron chi connectivity index (χ0n) is 12.7. The minimum Gasteiger partial charge on any atom is -0.481 e. The van der Waals surface area contributed by atoms with Crippen molar-refractivity contribution in [3.8, 4) is 0 Å². The Hall–Kier alpha value is -1.95. The van der Waals surface area contributed by atoms with E-state index in [1.807, 2.05) is 20.8 Å². The molecule has 1 N–H and O–H groups in total. The lowest BCUT2D eigenvalue weighted by Crippen LogP contribution is -2.43. The van der Waals surface area contributed by atoms with E-state index in [-0.39, 0.29) is 17.6 Å². The molecule has 0 saturated carbocycles. The van der Waals surface area contributed by atoms with Crippen molar-refractivity contribution in [1.82, 2.24) is 4.90 Å². The Bertz CT molecular complexity index is 491. The molecule has 21 heavy (non-hydrogen) atoms. The lowest BCUT2D eigenvalue weighted by atomic mass is 10.0. The summed E-state index contributed by atoms with van der Waals surface area (Å²) in [7, 11) is 0. The molecule has 0 atom stereocenters. The molecule has 0 fully saturated rings. The van der Waals surface area contributed by atoms with E-state index in [0.717, 1.165) is 12.0 Å². The fraction of sp³-hybridized carbons (Fsp3) is 0.533. The van der Waals surface area contributed by atoms with Crippen molar-refractivity contribution in [3.63, 3.8) is 0 Å². The maximum absolute atomic E-state index is 10.7. The molecule has 0 radical (unpaired) electrons. The number of nitro benzene ring substituents is 1. The van der Waals surface area contributed by atoms with Gasteiger partial charge in [0.2, 0.25) is 0 Å². The lowest BCUT2D eigenvalue weighted by molar-refractivity contribution is -0.384. The highest BCUT2D eigenvalue weighted by molar-refractivity contribution is 5.66. The summed E-state index contributed by atoms with van der Waals surface area (Å²) in [6, 6.07) is 6.48. The summed E-state index contributed by atoms with van der Waals surface area (Å²) in [4.78, 5) is 23.0. The first-order valence-corrected chi connectivity index (χ1v) is 6.90. The van der Waals surface area contributed by atoms with Gasteiger partial charge in [-0.3, -0.25) is 19.8 Å². The number of nitrogens with zero attached hydrogens (tertiary/aromatic N) is 2. The second kappa shape index (κ2) is 7.17. The van der Waals surface area contributed by atoms with Crippen LogP contribution in [0.25, 0.3) is 0 Å². The molecule has 0 saturated heterocycles. The fourth-order valence-corrected chi connectivity index (χ4v) is 2.06. The maximum Gasteiger partial charge on any atom is 0.304 e. The van der Waals surface area contributed by atoms with Gasteiger partial charge in [0.1, 0.15) is 0 Å². The molecule has 1 aromatic rings. The number of carboxylic acids is 1. The van der Waals surface area contributed by atoms with Gasteiger partial charge in [0, 0.05) is 30.8 Å². The normalized spacial score (nSPS) is 11.6. The monoisotopic (exact) mass is 294 g/mol. The number of hydrogen-bond acceptors (Lipinski definition) is 4. The molecule has 0 spiro atoms. The minimum atomic E-state index is -0.806. The number of carboxylic acid groups (broad SMARTS) is 1. The van der Waals surface area contributed by atoms with Gasteiger partial charge in [-0.1, -0.05) is 12.1 Å². The molecule has 0 heterocycles. The van der Waals surface area contributed by atoms with Crippen LogP contribution in [0.1, 0.15) is 32.8 Å². The van der Waals surface area contributed by atoms with Crippen LogP contribution in [0.2, 0.25) is 0 Å². The van der Waals surface area contributed by atoms with Gasteiger partial charge in [-0.15, -0.1) is 0 Å². The largest absolute Gasteiger partial charge is 0.481 e. The standard InChI is InChI=1S/C15H22N2O4/c1-15(2,3)16(11-9-14(18)19)10-8-12-4-6-13(7-5-12)17(20)21/h4-7H,8-11H2,1-3H3,(H,18,19). The third-order valence-electron chi connectivity index (χ3n) is 3.36. The first kappa shape index (κ1) is 17.1. The zero-order valence-corrected chi connectivity index (χ0v) is 12.7. The number of nitro groups is 1. The third kappa shape index (κ3) is 5.91. The molecule has 0 aromatic heterocycles. The highest BCUT2D eigenvalue weighted by atomic mass is 16.6. The molecule has 6 heteroatoms. The van der Waals surface area contributed by atoms with Crippen LogP contribution in [0.5, 0.6) is 0 Å². The predicted molar refractivity (Wildman–Crippen MR) is 80.4 cm³/mol. The van der Waals surface area contributed by atoms with E-state index in [9.17, 15) is 14.9 Å². The van der Waals surface area contributed by atoms with E-state index in [2.05, 4.69) is 4.90 Å². The van der Waals surface area contributed by atoms with Crippen LogP contribution >= 0.6 is 0 Å². The molecule has 0 aliphatic rings. The molecular formula is C15H22N2O4. The average molecular weight is 294 g/mol. The number of rotatable bonds is 7. The average Bonchev–Trinajstić information content (AvgIpc) is 2.37. The summed E-state index contributed by atoms with van der Waals surface area (Å²) in [5.74, 6) is -0.806. The topological polar surface area (TPSA) is 83.7 Å². The van der Waals surface area contributed by atoms with E-state index in [4.69, 9.17) is 5.11 Å². The second-order valence-electron chi connectivity index (χ2n) is 5.98. The van der Waals surface area contributed by atoms with Crippen LogP contribution in [-0.2, 0) is 11.2 Å². The molecule has 0 amide bonds. The van der Waals surface area contributed by atoms with Crippen LogP contribution in [-0.4, -0.2) is 39.5 Å². The summed E-state index contributed by atoms with van der Waals surface area (Å²) < 4.78 is 0. The summed E-state index contributed by atoms with van der Waals surface area (Å²) in [6.45, 7) is 7.35. The van der Waals surface area contributed by atoms with E-state index in [0.29, 0.717) is 13.1 Å². The van der Waals surface area contributed by atoms with Gasteiger partial charge < -0.3 is 5.11 Å². The van der Waals surface area contributed by atoms with Crippen LogP contribution in [0.4, 0.5) is 5.69 Å². The first-order valence-electron chi connectivity index (χ1n) is 6.90. The van der Waals surface area contributed by atoms with Crippen molar-refractivity contribution in [2.75, 3.05) is 13.1 Å². The molecule has 0 bridgehead atoms. The van der Waals surface area contributed by atoms with E-state index >= 15 is 0 Å². The number of carbonyl (C=O) groups is 1. The Morgan fingerprint density at radius 1 is 1.24 bits per heavy atom. The van der Waals surface area contributed by atoms with Crippen LogP contribution in [0.15, 0.2) is 24.3 Å². The summed E-state index contributed by atoms with van der Waals surface area (Å²) in [5, 5.41) is 19.4. The van der Waals surface area contributed by atoms with Crippen molar-refractivity contribution in [2.24, 2.45) is 0 Å². The Morgan fingerprint density at radius 3 is 2.24 bits per heavy atom. The Balaban J connectivity index is 2.63. The maximum atomic E-state index is 10.7. The number of non-ortho nitro benzene ring substituents is 1. The van der Waals surface area contributed by atoms with Crippen LogP contribution in [0.3, 0.4) is 0 Å². The van der Waals surface area contributed by atoms with E-state index in [1.165, 1.54) is 12.1 Å². The minimum absolute atomic E-state index is 0.0808. The van der Waals surface area contributed by atoms with Gasteiger partial charge >= 0.3 is 5.97 Å². The Morgan fingerprint density at radius 2 is 1.81 bits per heavy atom. The molecule has 1 rings (SSSR count). The Labute approximate surface area is 124 Å². The van der Waals surface area contributed by atoms with Gasteiger partial charge in [0.05, 0.1) is 11.3 Å². The number of benzene rings is 1. The third-order valence-corrected chi connectivity index (χ3v) is 3.36. The smallest absolute Gasteiger partial charge is 0.304 e. The summed E-state index contributed by atoms with van der Waals surface area (Å²) >= 11 is 0. The molecule has 116 valence electrons.